The summed E-state index contributed by atoms with van der Waals surface area (Å²) in [5.41, 5.74) is 1.98. The Balaban J connectivity index is 1.76. The molecule has 150 valence electrons. The maximum atomic E-state index is 13.1. The number of nitrogens with zero attached hydrogens (tertiary/aromatic N) is 2. The zero-order valence-corrected chi connectivity index (χ0v) is 16.7. The fraction of sp³-hybridized carbons (Fsp3) is 0.217. The third-order valence-corrected chi connectivity index (χ3v) is 4.41. The maximum absolute atomic E-state index is 13.1. The highest BCUT2D eigenvalue weighted by atomic mass is 16.5. The molecule has 1 amide bonds. The number of aromatic nitrogens is 1. The largest absolute Gasteiger partial charge is 0.490 e. The van der Waals surface area contributed by atoms with Gasteiger partial charge in [0, 0.05) is 12.6 Å². The van der Waals surface area contributed by atoms with E-state index in [1.165, 1.54) is 0 Å². The van der Waals surface area contributed by atoms with E-state index in [9.17, 15) is 4.79 Å². The van der Waals surface area contributed by atoms with Gasteiger partial charge in [0.05, 0.1) is 0 Å². The van der Waals surface area contributed by atoms with E-state index < -0.39 is 6.04 Å². The van der Waals surface area contributed by atoms with Crippen molar-refractivity contribution in [3.8, 4) is 5.75 Å². The van der Waals surface area contributed by atoms with E-state index in [-0.39, 0.29) is 5.91 Å². The zero-order valence-electron chi connectivity index (χ0n) is 16.7. The molecule has 0 aliphatic carbocycles. The van der Waals surface area contributed by atoms with Crippen LogP contribution in [0, 0.1) is 6.92 Å². The van der Waals surface area contributed by atoms with Crippen LogP contribution in [-0.4, -0.2) is 29.6 Å². The first kappa shape index (κ1) is 20.4. The normalized spacial score (nSPS) is 11.8. The number of aryl methyl sites for hydroxylation is 1. The van der Waals surface area contributed by atoms with E-state index in [2.05, 4.69) is 17.1 Å². The fourth-order valence-electron chi connectivity index (χ4n) is 3.09. The summed E-state index contributed by atoms with van der Waals surface area (Å²) < 4.78 is 10.6. The maximum Gasteiger partial charge on any atom is 0.247 e. The summed E-state index contributed by atoms with van der Waals surface area (Å²) >= 11 is 0. The number of carbonyl (C=O) groups excluding carboxylic acids is 1. The Labute approximate surface area is 170 Å². The van der Waals surface area contributed by atoms with Gasteiger partial charge in [-0.1, -0.05) is 60.3 Å². The first-order valence-electron chi connectivity index (χ1n) is 9.39. The van der Waals surface area contributed by atoms with Crippen LogP contribution in [0.5, 0.6) is 5.75 Å². The van der Waals surface area contributed by atoms with Crippen molar-refractivity contribution < 1.29 is 14.1 Å². The molecule has 0 unspecified atom stereocenters. The summed E-state index contributed by atoms with van der Waals surface area (Å²) in [7, 11) is 1.92. The Morgan fingerprint density at radius 3 is 2.59 bits per heavy atom. The molecule has 2 aromatic carbocycles. The average Bonchev–Trinajstić information content (AvgIpc) is 3.13. The third kappa shape index (κ3) is 5.56. The summed E-state index contributed by atoms with van der Waals surface area (Å²) in [5.74, 6) is 1.67. The van der Waals surface area contributed by atoms with Crippen LogP contribution in [0.15, 0.2) is 77.8 Å². The van der Waals surface area contributed by atoms with Crippen LogP contribution in [0.3, 0.4) is 0 Å². The van der Waals surface area contributed by atoms with Crippen molar-refractivity contribution in [3.63, 3.8) is 0 Å². The van der Waals surface area contributed by atoms with Gasteiger partial charge in [-0.25, -0.2) is 0 Å². The van der Waals surface area contributed by atoms with Crippen LogP contribution >= 0.6 is 0 Å². The highest BCUT2D eigenvalue weighted by Gasteiger charge is 2.26. The lowest BCUT2D eigenvalue weighted by Gasteiger charge is -2.27. The van der Waals surface area contributed by atoms with Gasteiger partial charge in [0.1, 0.15) is 24.2 Å². The quantitative estimate of drug-likeness (QED) is 0.549. The highest BCUT2D eigenvalue weighted by molar-refractivity contribution is 5.94. The minimum absolute atomic E-state index is 0.169. The minimum atomic E-state index is -0.482. The van der Waals surface area contributed by atoms with Gasteiger partial charge in [-0.15, -0.1) is 0 Å². The Kier molecular flexibility index (Phi) is 6.81. The molecule has 0 radical (unpaired) electrons. The predicted octanol–water partition coefficient (Wildman–Crippen LogP) is 4.36. The lowest BCUT2D eigenvalue weighted by Crippen LogP contribution is -2.34. The predicted molar refractivity (Wildman–Crippen MR) is 113 cm³/mol. The number of rotatable bonds is 9. The van der Waals surface area contributed by atoms with Crippen molar-refractivity contribution in [1.82, 2.24) is 10.1 Å². The Hall–Kier alpha value is -3.38. The molecule has 29 heavy (non-hydrogen) atoms. The molecule has 0 saturated heterocycles. The summed E-state index contributed by atoms with van der Waals surface area (Å²) in [6, 6.07) is 18.7. The average molecular weight is 391 g/mol. The van der Waals surface area contributed by atoms with Gasteiger partial charge in [-0.05, 0) is 37.2 Å². The number of hydrogen-bond acceptors (Lipinski definition) is 5. The van der Waals surface area contributed by atoms with Gasteiger partial charge in [0.25, 0.3) is 0 Å². The molecule has 3 aromatic rings. The molecule has 1 atom stereocenters. The number of carbonyl (C=O) groups is 1. The Bertz CT molecular complexity index is 936. The van der Waals surface area contributed by atoms with Crippen LogP contribution in [0.25, 0.3) is 0 Å². The third-order valence-electron chi connectivity index (χ3n) is 4.41. The van der Waals surface area contributed by atoms with E-state index in [4.69, 9.17) is 9.26 Å². The standard InChI is InChI=1S/C23H25N3O3/c1-4-14-28-20-12-10-18(11-13-20)16-26(3)22(19-8-6-5-7-9-19)23(27)24-21-15-17(2)29-25-21/h4-13,15,22H,1,14,16H2,2-3H3,(H,24,25,27)/t22-/m0/s1. The molecule has 0 aliphatic rings. The van der Waals surface area contributed by atoms with Crippen LogP contribution in [-0.2, 0) is 11.3 Å². The van der Waals surface area contributed by atoms with Crippen molar-refractivity contribution in [2.24, 2.45) is 0 Å². The molecule has 1 N–H and O–H groups in total. The molecule has 0 spiro atoms. The second-order valence-electron chi connectivity index (χ2n) is 6.78. The van der Waals surface area contributed by atoms with Crippen LogP contribution < -0.4 is 10.1 Å². The number of benzene rings is 2. The topological polar surface area (TPSA) is 67.6 Å². The zero-order chi connectivity index (χ0) is 20.6. The Morgan fingerprint density at radius 2 is 1.97 bits per heavy atom. The summed E-state index contributed by atoms with van der Waals surface area (Å²) in [4.78, 5) is 15.1. The molecule has 1 heterocycles. The molecular weight excluding hydrogens is 366 g/mol. The molecule has 0 fully saturated rings. The first-order valence-corrected chi connectivity index (χ1v) is 9.39. The summed E-state index contributed by atoms with van der Waals surface area (Å²) in [6.45, 7) is 6.49. The van der Waals surface area contributed by atoms with Crippen molar-refractivity contribution in [1.29, 1.82) is 0 Å². The lowest BCUT2D eigenvalue weighted by atomic mass is 10.0. The molecular formula is C23H25N3O3. The molecule has 6 heteroatoms. The van der Waals surface area contributed by atoms with Gasteiger partial charge in [0.15, 0.2) is 5.82 Å². The van der Waals surface area contributed by atoms with Gasteiger partial charge in [-0.3, -0.25) is 9.69 Å². The number of ether oxygens (including phenoxy) is 1. The number of amides is 1. The van der Waals surface area contributed by atoms with Crippen molar-refractivity contribution in [2.45, 2.75) is 19.5 Å². The van der Waals surface area contributed by atoms with Crippen molar-refractivity contribution in [3.05, 3.63) is 90.2 Å². The van der Waals surface area contributed by atoms with Gasteiger partial charge >= 0.3 is 0 Å². The van der Waals surface area contributed by atoms with Crippen molar-refractivity contribution >= 4 is 11.7 Å². The smallest absolute Gasteiger partial charge is 0.247 e. The highest BCUT2D eigenvalue weighted by Crippen LogP contribution is 2.24. The number of likely N-dealkylation sites (N-methyl/N-ethyl adjacent to an activating group) is 1. The molecule has 1 aromatic heterocycles. The van der Waals surface area contributed by atoms with E-state index in [0.717, 1.165) is 16.9 Å². The van der Waals surface area contributed by atoms with Gasteiger partial charge < -0.3 is 14.6 Å². The lowest BCUT2D eigenvalue weighted by molar-refractivity contribution is -0.121. The first-order chi connectivity index (χ1) is 14.1. The second-order valence-corrected chi connectivity index (χ2v) is 6.78. The molecule has 3 rings (SSSR count). The van der Waals surface area contributed by atoms with Gasteiger partial charge in [0.2, 0.25) is 5.91 Å². The Morgan fingerprint density at radius 1 is 1.24 bits per heavy atom. The molecule has 0 aliphatic heterocycles. The summed E-state index contributed by atoms with van der Waals surface area (Å²) in [5, 5.41) is 6.71. The van der Waals surface area contributed by atoms with Crippen molar-refractivity contribution in [2.75, 3.05) is 19.0 Å². The van der Waals surface area contributed by atoms with Crippen LogP contribution in [0.4, 0.5) is 5.82 Å². The molecule has 0 bridgehead atoms. The van der Waals surface area contributed by atoms with E-state index in [1.807, 2.05) is 66.5 Å². The van der Waals surface area contributed by atoms with Gasteiger partial charge in [-0.2, -0.15) is 0 Å². The van der Waals surface area contributed by atoms with Crippen LogP contribution in [0.2, 0.25) is 0 Å². The van der Waals surface area contributed by atoms with E-state index >= 15 is 0 Å². The monoisotopic (exact) mass is 391 g/mol. The summed E-state index contributed by atoms with van der Waals surface area (Å²) in [6.07, 6.45) is 1.71. The minimum Gasteiger partial charge on any atom is -0.490 e. The SMILES string of the molecule is C=CCOc1ccc(CN(C)[C@H](C(=O)Nc2cc(C)on2)c2ccccc2)cc1. The number of hydrogen-bond donors (Lipinski definition) is 1. The van der Waals surface area contributed by atoms with Crippen LogP contribution in [0.1, 0.15) is 22.9 Å². The number of anilines is 1. The molecule has 6 nitrogen and oxygen atoms in total. The molecule has 0 saturated carbocycles. The fourth-order valence-corrected chi connectivity index (χ4v) is 3.09. The van der Waals surface area contributed by atoms with E-state index in [1.54, 1.807) is 19.1 Å². The van der Waals surface area contributed by atoms with E-state index in [0.29, 0.717) is 24.7 Å². The number of nitrogens with one attached hydrogen (secondary N) is 1. The second kappa shape index (κ2) is 9.71.